The molecule has 0 aliphatic heterocycles. The summed E-state index contributed by atoms with van der Waals surface area (Å²) in [7, 11) is 2.84. The number of benzene rings is 1. The first-order valence-corrected chi connectivity index (χ1v) is 6.34. The summed E-state index contributed by atoms with van der Waals surface area (Å²) >= 11 is 0. The lowest BCUT2D eigenvalue weighted by Crippen LogP contribution is -2.22. The van der Waals surface area contributed by atoms with E-state index in [4.69, 9.17) is 4.74 Å². The molecule has 1 rings (SSSR count). The molecular formula is C15H19NO4. The predicted octanol–water partition coefficient (Wildman–Crippen LogP) is 2.13. The fraction of sp³-hybridized carbons (Fsp3) is 0.333. The molecule has 0 aliphatic carbocycles. The highest BCUT2D eigenvalue weighted by Crippen LogP contribution is 2.18. The van der Waals surface area contributed by atoms with Crippen LogP contribution in [0.5, 0.6) is 5.75 Å². The summed E-state index contributed by atoms with van der Waals surface area (Å²) < 4.78 is 9.74. The van der Waals surface area contributed by atoms with Crippen molar-refractivity contribution in [2.24, 2.45) is 0 Å². The highest BCUT2D eigenvalue weighted by Gasteiger charge is 2.09. The number of amides is 1. The molecule has 1 aromatic rings. The van der Waals surface area contributed by atoms with Crippen molar-refractivity contribution in [2.45, 2.75) is 19.8 Å². The van der Waals surface area contributed by atoms with E-state index in [1.807, 2.05) is 6.92 Å². The molecule has 1 N–H and O–H groups in total. The summed E-state index contributed by atoms with van der Waals surface area (Å²) in [6.45, 7) is 1.91. The molecule has 0 aliphatic rings. The van der Waals surface area contributed by atoms with Crippen molar-refractivity contribution in [1.82, 2.24) is 5.32 Å². The van der Waals surface area contributed by atoms with Gasteiger partial charge in [-0.2, -0.15) is 0 Å². The van der Waals surface area contributed by atoms with Crippen molar-refractivity contribution in [3.8, 4) is 5.75 Å². The van der Waals surface area contributed by atoms with Crippen LogP contribution in [0.3, 0.4) is 0 Å². The fourth-order valence-corrected chi connectivity index (χ4v) is 1.60. The molecule has 0 radical (unpaired) electrons. The van der Waals surface area contributed by atoms with Crippen molar-refractivity contribution in [3.05, 3.63) is 35.9 Å². The second-order valence-corrected chi connectivity index (χ2v) is 4.11. The van der Waals surface area contributed by atoms with E-state index in [1.165, 1.54) is 13.2 Å². The van der Waals surface area contributed by atoms with Gasteiger partial charge in [0.2, 0.25) is 5.91 Å². The third kappa shape index (κ3) is 4.76. The Kier molecular flexibility index (Phi) is 6.29. The number of methoxy groups -OCH3 is 2. The Bertz CT molecular complexity index is 508. The third-order valence-corrected chi connectivity index (χ3v) is 2.60. The van der Waals surface area contributed by atoms with Gasteiger partial charge in [0.05, 0.1) is 19.9 Å². The summed E-state index contributed by atoms with van der Waals surface area (Å²) in [4.78, 5) is 23.1. The van der Waals surface area contributed by atoms with Crippen molar-refractivity contribution in [3.63, 3.8) is 0 Å². The Morgan fingerprint density at radius 2 is 2.05 bits per heavy atom. The quantitative estimate of drug-likeness (QED) is 0.639. The average Bonchev–Trinajstić information content (AvgIpc) is 2.46. The number of esters is 1. The first kappa shape index (κ1) is 15.8. The number of carbonyl (C=O) groups is 2. The van der Waals surface area contributed by atoms with Crippen LogP contribution in [-0.2, 0) is 14.3 Å². The molecule has 0 spiro atoms. The predicted molar refractivity (Wildman–Crippen MR) is 76.0 cm³/mol. The molecule has 20 heavy (non-hydrogen) atoms. The number of rotatable bonds is 6. The van der Waals surface area contributed by atoms with Gasteiger partial charge in [-0.1, -0.05) is 19.1 Å². The van der Waals surface area contributed by atoms with Gasteiger partial charge in [-0.3, -0.25) is 4.79 Å². The van der Waals surface area contributed by atoms with Crippen LogP contribution in [-0.4, -0.2) is 26.1 Å². The van der Waals surface area contributed by atoms with Gasteiger partial charge in [-0.15, -0.1) is 0 Å². The number of nitrogens with one attached hydrogen (secondary N) is 1. The van der Waals surface area contributed by atoms with Crippen molar-refractivity contribution in [1.29, 1.82) is 0 Å². The van der Waals surface area contributed by atoms with Crippen LogP contribution in [0.2, 0.25) is 0 Å². The molecule has 5 nitrogen and oxygen atoms in total. The standard InChI is InChI=1S/C15H19NO4/c1-4-6-14(17)16-13(10-15(18)20-3)11-7-5-8-12(9-11)19-2/h5,7-10H,4,6H2,1-3H3,(H,16,17)/b13-10-. The molecule has 0 saturated carbocycles. The van der Waals surface area contributed by atoms with Gasteiger partial charge in [0.1, 0.15) is 5.75 Å². The van der Waals surface area contributed by atoms with Crippen LogP contribution in [0.15, 0.2) is 30.3 Å². The van der Waals surface area contributed by atoms with Gasteiger partial charge in [-0.05, 0) is 18.6 Å². The topological polar surface area (TPSA) is 64.6 Å². The Morgan fingerprint density at radius 3 is 2.65 bits per heavy atom. The molecule has 0 saturated heterocycles. The van der Waals surface area contributed by atoms with Gasteiger partial charge in [0.15, 0.2) is 0 Å². The van der Waals surface area contributed by atoms with Crippen LogP contribution in [0.25, 0.3) is 5.70 Å². The minimum atomic E-state index is -0.528. The largest absolute Gasteiger partial charge is 0.497 e. The highest BCUT2D eigenvalue weighted by molar-refractivity contribution is 5.96. The number of ether oxygens (including phenoxy) is 2. The molecule has 0 atom stereocenters. The van der Waals surface area contributed by atoms with Crippen molar-refractivity contribution < 1.29 is 19.1 Å². The zero-order valence-electron chi connectivity index (χ0n) is 11.9. The monoisotopic (exact) mass is 277 g/mol. The van der Waals surface area contributed by atoms with Crippen LogP contribution < -0.4 is 10.1 Å². The molecule has 0 fully saturated rings. The van der Waals surface area contributed by atoms with E-state index in [2.05, 4.69) is 10.1 Å². The maximum Gasteiger partial charge on any atom is 0.332 e. The summed E-state index contributed by atoms with van der Waals surface area (Å²) in [6.07, 6.45) is 2.38. The van der Waals surface area contributed by atoms with Crippen molar-refractivity contribution in [2.75, 3.05) is 14.2 Å². The van der Waals surface area contributed by atoms with Crippen LogP contribution in [0.1, 0.15) is 25.3 Å². The van der Waals surface area contributed by atoms with E-state index in [0.29, 0.717) is 23.4 Å². The Labute approximate surface area is 118 Å². The van der Waals surface area contributed by atoms with E-state index >= 15 is 0 Å². The number of hydrogen-bond acceptors (Lipinski definition) is 4. The minimum absolute atomic E-state index is 0.148. The van der Waals surface area contributed by atoms with Gasteiger partial charge < -0.3 is 14.8 Å². The molecular weight excluding hydrogens is 258 g/mol. The third-order valence-electron chi connectivity index (χ3n) is 2.60. The zero-order valence-corrected chi connectivity index (χ0v) is 11.9. The van der Waals surface area contributed by atoms with Gasteiger partial charge in [-0.25, -0.2) is 4.79 Å². The number of hydrogen-bond donors (Lipinski definition) is 1. The first-order valence-electron chi connectivity index (χ1n) is 6.34. The Morgan fingerprint density at radius 1 is 1.30 bits per heavy atom. The molecule has 0 bridgehead atoms. The van der Waals surface area contributed by atoms with Crippen LogP contribution in [0.4, 0.5) is 0 Å². The summed E-state index contributed by atoms with van der Waals surface area (Å²) in [5.41, 5.74) is 1.08. The summed E-state index contributed by atoms with van der Waals surface area (Å²) in [5, 5.41) is 2.72. The van der Waals surface area contributed by atoms with Crippen molar-refractivity contribution >= 4 is 17.6 Å². The van der Waals surface area contributed by atoms with Crippen LogP contribution in [0, 0.1) is 0 Å². The van der Waals surface area contributed by atoms with Gasteiger partial charge in [0.25, 0.3) is 0 Å². The number of carbonyl (C=O) groups excluding carboxylic acids is 2. The lowest BCUT2D eigenvalue weighted by Gasteiger charge is -2.11. The van der Waals surface area contributed by atoms with E-state index < -0.39 is 5.97 Å². The highest BCUT2D eigenvalue weighted by atomic mass is 16.5. The second kappa shape index (κ2) is 7.99. The molecule has 0 aromatic heterocycles. The normalized spacial score (nSPS) is 10.8. The van der Waals surface area contributed by atoms with E-state index in [-0.39, 0.29) is 5.91 Å². The lowest BCUT2D eigenvalue weighted by molar-refractivity contribution is -0.134. The fourth-order valence-electron chi connectivity index (χ4n) is 1.60. The van der Waals surface area contributed by atoms with E-state index in [9.17, 15) is 9.59 Å². The maximum atomic E-state index is 11.7. The Hall–Kier alpha value is -2.30. The van der Waals surface area contributed by atoms with Gasteiger partial charge in [0, 0.05) is 18.1 Å². The smallest absolute Gasteiger partial charge is 0.332 e. The zero-order chi connectivity index (χ0) is 15.0. The maximum absolute atomic E-state index is 11.7. The lowest BCUT2D eigenvalue weighted by atomic mass is 10.1. The van der Waals surface area contributed by atoms with Crippen LogP contribution >= 0.6 is 0 Å². The van der Waals surface area contributed by atoms with E-state index in [0.717, 1.165) is 6.42 Å². The Balaban J connectivity index is 3.06. The molecule has 0 unspecified atom stereocenters. The molecule has 5 heteroatoms. The summed E-state index contributed by atoms with van der Waals surface area (Å²) in [5.74, 6) is -0.0342. The SMILES string of the molecule is CCCC(=O)N/C(=C\C(=O)OC)c1cccc(OC)c1. The van der Waals surface area contributed by atoms with E-state index in [1.54, 1.807) is 31.4 Å². The second-order valence-electron chi connectivity index (χ2n) is 4.11. The molecule has 1 aromatic carbocycles. The first-order chi connectivity index (χ1) is 9.60. The summed E-state index contributed by atoms with van der Waals surface area (Å²) in [6, 6.07) is 7.09. The molecule has 108 valence electrons. The van der Waals surface area contributed by atoms with Gasteiger partial charge >= 0.3 is 5.97 Å². The molecule has 0 heterocycles. The molecule has 1 amide bonds. The minimum Gasteiger partial charge on any atom is -0.497 e. The average molecular weight is 277 g/mol.